The lowest BCUT2D eigenvalue weighted by molar-refractivity contribution is 0.0232. The molecule has 1 fully saturated rings. The molecule has 0 spiro atoms. The molecule has 19 heavy (non-hydrogen) atoms. The Morgan fingerprint density at radius 1 is 1.42 bits per heavy atom. The van der Waals surface area contributed by atoms with Crippen LogP contribution in [0.15, 0.2) is 23.1 Å². The van der Waals surface area contributed by atoms with Crippen molar-refractivity contribution >= 4 is 21.4 Å². The van der Waals surface area contributed by atoms with Gasteiger partial charge in [-0.3, -0.25) is 0 Å². The van der Waals surface area contributed by atoms with E-state index >= 15 is 0 Å². The van der Waals surface area contributed by atoms with Crippen molar-refractivity contribution in [2.24, 2.45) is 5.14 Å². The van der Waals surface area contributed by atoms with Crippen LogP contribution in [0, 0.1) is 0 Å². The summed E-state index contributed by atoms with van der Waals surface area (Å²) in [5.41, 5.74) is 6.64. The van der Waals surface area contributed by atoms with Crippen molar-refractivity contribution in [1.29, 1.82) is 0 Å². The predicted molar refractivity (Wildman–Crippen MR) is 74.3 cm³/mol. The summed E-state index contributed by atoms with van der Waals surface area (Å²) in [6, 6.07) is 5.01. The van der Waals surface area contributed by atoms with Crippen LogP contribution in [0.2, 0.25) is 0 Å². The number of rotatable bonds is 3. The van der Waals surface area contributed by atoms with Crippen LogP contribution in [0.4, 0.5) is 11.4 Å². The van der Waals surface area contributed by atoms with Gasteiger partial charge in [-0.15, -0.1) is 0 Å². The lowest BCUT2D eigenvalue weighted by Crippen LogP contribution is -2.32. The fourth-order valence-electron chi connectivity index (χ4n) is 2.27. The SMILES string of the molecule is CC1CC(Nc2cccc(S(N)(=O)=O)c2N)CCO1. The van der Waals surface area contributed by atoms with E-state index in [4.69, 9.17) is 15.6 Å². The molecule has 1 heterocycles. The Balaban J connectivity index is 2.21. The summed E-state index contributed by atoms with van der Waals surface area (Å²) in [7, 11) is -3.80. The molecule has 0 bridgehead atoms. The van der Waals surface area contributed by atoms with Gasteiger partial charge in [-0.1, -0.05) is 6.07 Å². The topological polar surface area (TPSA) is 107 Å². The molecule has 1 aliphatic heterocycles. The maximum Gasteiger partial charge on any atom is 0.240 e. The lowest BCUT2D eigenvalue weighted by atomic mass is 10.0. The number of nitrogens with one attached hydrogen (secondary N) is 1. The molecule has 0 radical (unpaired) electrons. The number of anilines is 2. The van der Waals surface area contributed by atoms with E-state index in [1.165, 1.54) is 6.07 Å². The molecule has 1 aliphatic rings. The Kier molecular flexibility index (Phi) is 3.98. The lowest BCUT2D eigenvalue weighted by Gasteiger charge is -2.29. The van der Waals surface area contributed by atoms with Crippen LogP contribution in [0.5, 0.6) is 0 Å². The second-order valence-corrected chi connectivity index (χ2v) is 6.34. The fourth-order valence-corrected chi connectivity index (χ4v) is 2.95. The number of nitrogens with two attached hydrogens (primary N) is 2. The second-order valence-electron chi connectivity index (χ2n) is 4.81. The normalized spacial score (nSPS) is 24.1. The highest BCUT2D eigenvalue weighted by molar-refractivity contribution is 7.89. The monoisotopic (exact) mass is 285 g/mol. The number of para-hydroxylation sites is 1. The largest absolute Gasteiger partial charge is 0.396 e. The molecule has 106 valence electrons. The highest BCUT2D eigenvalue weighted by atomic mass is 32.2. The van der Waals surface area contributed by atoms with E-state index in [0.717, 1.165) is 12.8 Å². The quantitative estimate of drug-likeness (QED) is 0.715. The third-order valence-corrected chi connectivity index (χ3v) is 4.19. The second kappa shape index (κ2) is 5.36. The molecule has 1 aromatic carbocycles. The van der Waals surface area contributed by atoms with Crippen LogP contribution in [0.1, 0.15) is 19.8 Å². The minimum absolute atomic E-state index is 0.0439. The van der Waals surface area contributed by atoms with Crippen molar-refractivity contribution in [3.8, 4) is 0 Å². The van der Waals surface area contributed by atoms with Crippen LogP contribution in [0.3, 0.4) is 0 Å². The zero-order valence-corrected chi connectivity index (χ0v) is 11.6. The van der Waals surface area contributed by atoms with Gasteiger partial charge in [-0.25, -0.2) is 13.6 Å². The van der Waals surface area contributed by atoms with Gasteiger partial charge >= 0.3 is 0 Å². The van der Waals surface area contributed by atoms with Crippen molar-refractivity contribution in [2.45, 2.75) is 36.8 Å². The van der Waals surface area contributed by atoms with Crippen LogP contribution in [-0.4, -0.2) is 27.2 Å². The summed E-state index contributed by atoms with van der Waals surface area (Å²) in [5, 5.41) is 8.39. The van der Waals surface area contributed by atoms with Gasteiger partial charge in [0.1, 0.15) is 4.90 Å². The smallest absolute Gasteiger partial charge is 0.240 e. The van der Waals surface area contributed by atoms with Gasteiger partial charge in [0.05, 0.1) is 17.5 Å². The number of benzene rings is 1. The first-order valence-corrected chi connectivity index (χ1v) is 7.72. The molecule has 6 nitrogen and oxygen atoms in total. The van der Waals surface area contributed by atoms with Crippen molar-refractivity contribution in [3.05, 3.63) is 18.2 Å². The molecule has 0 saturated carbocycles. The van der Waals surface area contributed by atoms with Crippen molar-refractivity contribution in [1.82, 2.24) is 0 Å². The molecule has 0 aromatic heterocycles. The Hall–Kier alpha value is -1.31. The van der Waals surface area contributed by atoms with Gasteiger partial charge in [0.2, 0.25) is 10.0 Å². The highest BCUT2D eigenvalue weighted by Crippen LogP contribution is 2.28. The molecule has 1 aromatic rings. The Morgan fingerprint density at radius 3 is 2.79 bits per heavy atom. The predicted octanol–water partition coefficient (Wildman–Crippen LogP) is 0.896. The molecule has 2 unspecified atom stereocenters. The van der Waals surface area contributed by atoms with Crippen LogP contribution in [-0.2, 0) is 14.8 Å². The van der Waals surface area contributed by atoms with Crippen molar-refractivity contribution in [2.75, 3.05) is 17.7 Å². The minimum Gasteiger partial charge on any atom is -0.396 e. The van der Waals surface area contributed by atoms with Gasteiger partial charge in [-0.2, -0.15) is 0 Å². The van der Waals surface area contributed by atoms with Crippen LogP contribution in [0.25, 0.3) is 0 Å². The number of hydrogen-bond donors (Lipinski definition) is 3. The summed E-state index contributed by atoms with van der Waals surface area (Å²) in [6.07, 6.45) is 1.91. The Bertz CT molecular complexity index is 559. The van der Waals surface area contributed by atoms with E-state index in [2.05, 4.69) is 5.32 Å². The Morgan fingerprint density at radius 2 is 2.16 bits per heavy atom. The summed E-state index contributed by atoms with van der Waals surface area (Å²) in [6.45, 7) is 2.70. The summed E-state index contributed by atoms with van der Waals surface area (Å²) < 4.78 is 28.3. The van der Waals surface area contributed by atoms with Gasteiger partial charge in [0.15, 0.2) is 0 Å². The molecule has 2 rings (SSSR count). The standard InChI is InChI=1S/C12H19N3O3S/c1-8-7-9(5-6-18-8)15-10-3-2-4-11(12(10)13)19(14,16)17/h2-4,8-9,15H,5-7,13H2,1H3,(H2,14,16,17). The van der Waals surface area contributed by atoms with Gasteiger partial charge < -0.3 is 15.8 Å². The maximum atomic E-state index is 11.4. The third-order valence-electron chi connectivity index (χ3n) is 3.22. The number of hydrogen-bond acceptors (Lipinski definition) is 5. The zero-order chi connectivity index (χ0) is 14.0. The van der Waals surface area contributed by atoms with E-state index in [0.29, 0.717) is 12.3 Å². The summed E-state index contributed by atoms with van der Waals surface area (Å²) in [5.74, 6) is 0. The number of nitrogen functional groups attached to an aromatic ring is 1. The van der Waals surface area contributed by atoms with Crippen molar-refractivity contribution in [3.63, 3.8) is 0 Å². The molecular weight excluding hydrogens is 266 g/mol. The third kappa shape index (κ3) is 3.37. The molecule has 5 N–H and O–H groups in total. The van der Waals surface area contributed by atoms with Gasteiger partial charge in [0, 0.05) is 12.6 Å². The van der Waals surface area contributed by atoms with E-state index in [1.807, 2.05) is 6.92 Å². The average Bonchev–Trinajstić information content (AvgIpc) is 2.30. The molecule has 1 saturated heterocycles. The number of ether oxygens (including phenoxy) is 1. The average molecular weight is 285 g/mol. The highest BCUT2D eigenvalue weighted by Gasteiger charge is 2.21. The first-order chi connectivity index (χ1) is 8.88. The van der Waals surface area contributed by atoms with E-state index < -0.39 is 10.0 Å². The first kappa shape index (κ1) is 14.1. The van der Waals surface area contributed by atoms with E-state index in [1.54, 1.807) is 12.1 Å². The molecule has 0 amide bonds. The van der Waals surface area contributed by atoms with E-state index in [-0.39, 0.29) is 22.7 Å². The number of primary sulfonamides is 1. The summed E-state index contributed by atoms with van der Waals surface area (Å²) in [4.78, 5) is -0.0439. The molecular formula is C12H19N3O3S. The molecule has 2 atom stereocenters. The molecule has 7 heteroatoms. The zero-order valence-electron chi connectivity index (χ0n) is 10.8. The molecule has 0 aliphatic carbocycles. The van der Waals surface area contributed by atoms with Crippen LogP contribution >= 0.6 is 0 Å². The van der Waals surface area contributed by atoms with Crippen molar-refractivity contribution < 1.29 is 13.2 Å². The maximum absolute atomic E-state index is 11.4. The van der Waals surface area contributed by atoms with Gasteiger partial charge in [0.25, 0.3) is 0 Å². The first-order valence-electron chi connectivity index (χ1n) is 6.17. The fraction of sp³-hybridized carbons (Fsp3) is 0.500. The van der Waals surface area contributed by atoms with Gasteiger partial charge in [-0.05, 0) is 31.9 Å². The number of sulfonamides is 1. The minimum atomic E-state index is -3.80. The summed E-state index contributed by atoms with van der Waals surface area (Å²) >= 11 is 0. The van der Waals surface area contributed by atoms with Crippen LogP contribution < -0.4 is 16.2 Å². The van der Waals surface area contributed by atoms with E-state index in [9.17, 15) is 8.42 Å². The Labute approximate surface area is 113 Å².